The quantitative estimate of drug-likeness (QED) is 0.913. The number of hydrogen-bond acceptors (Lipinski definition) is 4. The second-order valence-electron chi connectivity index (χ2n) is 4.90. The van der Waals surface area contributed by atoms with Crippen LogP contribution in [0.2, 0.25) is 0 Å². The summed E-state index contributed by atoms with van der Waals surface area (Å²) in [5.41, 5.74) is 0.948. The Morgan fingerprint density at radius 3 is 2.81 bits per heavy atom. The second-order valence-corrected chi connectivity index (χ2v) is 4.90. The lowest BCUT2D eigenvalue weighted by molar-refractivity contribution is 0.0939. The number of likely N-dealkylation sites (N-methyl/N-ethyl adjacent to an activating group) is 1. The van der Waals surface area contributed by atoms with Crippen LogP contribution < -0.4 is 5.32 Å². The fraction of sp³-hybridized carbons (Fsp3) is 0.250. The molecule has 2 aromatic rings. The normalized spacial score (nSPS) is 11.9. The van der Waals surface area contributed by atoms with Gasteiger partial charge in [-0.25, -0.2) is 0 Å². The third kappa shape index (κ3) is 3.71. The van der Waals surface area contributed by atoms with Gasteiger partial charge in [0.2, 0.25) is 0 Å². The molecule has 0 fully saturated rings. The number of rotatable bonds is 5. The summed E-state index contributed by atoms with van der Waals surface area (Å²) in [5, 5.41) is 11.7. The van der Waals surface area contributed by atoms with E-state index >= 15 is 0 Å². The Balaban J connectivity index is 2.04. The maximum atomic E-state index is 12.1. The van der Waals surface area contributed by atoms with Crippen LogP contribution >= 0.6 is 0 Å². The van der Waals surface area contributed by atoms with Crippen molar-refractivity contribution >= 4 is 5.91 Å². The molecule has 1 atom stereocenters. The van der Waals surface area contributed by atoms with Crippen molar-refractivity contribution in [2.75, 3.05) is 20.6 Å². The van der Waals surface area contributed by atoms with Crippen LogP contribution in [0.1, 0.15) is 27.7 Å². The molecular weight excluding hydrogens is 266 g/mol. The zero-order valence-corrected chi connectivity index (χ0v) is 12.0. The highest BCUT2D eigenvalue weighted by atomic mass is 16.3. The van der Waals surface area contributed by atoms with E-state index in [-0.39, 0.29) is 11.9 Å². The van der Waals surface area contributed by atoms with Crippen LogP contribution in [0.4, 0.5) is 0 Å². The average Bonchev–Trinajstić information content (AvgIpc) is 3.01. The summed E-state index contributed by atoms with van der Waals surface area (Å²) in [5.74, 6) is 0.594. The number of carbonyl (C=O) groups is 1. The molecule has 2 rings (SSSR count). The molecule has 1 heterocycles. The number of furan rings is 1. The maximum Gasteiger partial charge on any atom is 0.251 e. The molecule has 0 aliphatic heterocycles. The highest BCUT2D eigenvalue weighted by Gasteiger charge is 2.18. The van der Waals surface area contributed by atoms with E-state index < -0.39 is 0 Å². The molecule has 0 radical (unpaired) electrons. The first-order chi connectivity index (χ1) is 10.1. The SMILES string of the molecule is CN(C)[C@@H](CNC(=O)c1cccc(C#N)c1)c1ccco1. The van der Waals surface area contributed by atoms with Crippen molar-refractivity contribution in [2.24, 2.45) is 0 Å². The molecule has 1 aromatic carbocycles. The van der Waals surface area contributed by atoms with Crippen molar-refractivity contribution in [2.45, 2.75) is 6.04 Å². The number of benzene rings is 1. The first kappa shape index (κ1) is 14.8. The van der Waals surface area contributed by atoms with Crippen LogP contribution in [0, 0.1) is 11.3 Å². The lowest BCUT2D eigenvalue weighted by Gasteiger charge is -2.22. The van der Waals surface area contributed by atoms with Crippen molar-refractivity contribution in [3.05, 3.63) is 59.5 Å². The van der Waals surface area contributed by atoms with Crippen LogP contribution in [0.3, 0.4) is 0 Å². The largest absolute Gasteiger partial charge is 0.468 e. The molecule has 1 amide bonds. The zero-order chi connectivity index (χ0) is 15.2. The number of nitrogens with zero attached hydrogens (tertiary/aromatic N) is 2. The molecule has 1 aromatic heterocycles. The van der Waals surface area contributed by atoms with E-state index in [1.165, 1.54) is 0 Å². The summed E-state index contributed by atoms with van der Waals surface area (Å²) in [4.78, 5) is 14.1. The minimum Gasteiger partial charge on any atom is -0.468 e. The average molecular weight is 283 g/mol. The summed E-state index contributed by atoms with van der Waals surface area (Å²) < 4.78 is 5.40. The van der Waals surface area contributed by atoms with Crippen molar-refractivity contribution < 1.29 is 9.21 Å². The summed E-state index contributed by atoms with van der Waals surface area (Å²) in [7, 11) is 3.85. The predicted octanol–water partition coefficient (Wildman–Crippen LogP) is 2.18. The highest BCUT2D eigenvalue weighted by molar-refractivity contribution is 5.94. The van der Waals surface area contributed by atoms with E-state index in [0.717, 1.165) is 5.76 Å². The van der Waals surface area contributed by atoms with Gasteiger partial charge in [0, 0.05) is 12.1 Å². The molecule has 108 valence electrons. The summed E-state index contributed by atoms with van der Waals surface area (Å²) in [6, 6.07) is 12.3. The molecule has 21 heavy (non-hydrogen) atoms. The number of nitrogens with one attached hydrogen (secondary N) is 1. The molecule has 0 unspecified atom stereocenters. The van der Waals surface area contributed by atoms with Crippen LogP contribution in [-0.2, 0) is 0 Å². The minimum atomic E-state index is -0.203. The van der Waals surface area contributed by atoms with Crippen LogP contribution in [0.5, 0.6) is 0 Å². The Morgan fingerprint density at radius 1 is 1.38 bits per heavy atom. The molecule has 0 bridgehead atoms. The van der Waals surface area contributed by atoms with E-state index in [2.05, 4.69) is 5.32 Å². The Bertz CT molecular complexity index is 642. The Hall–Kier alpha value is -2.58. The van der Waals surface area contributed by atoms with Gasteiger partial charge in [0.15, 0.2) is 0 Å². The highest BCUT2D eigenvalue weighted by Crippen LogP contribution is 2.17. The van der Waals surface area contributed by atoms with Gasteiger partial charge in [0.25, 0.3) is 5.91 Å². The third-order valence-corrected chi connectivity index (χ3v) is 3.20. The van der Waals surface area contributed by atoms with Crippen LogP contribution in [0.25, 0.3) is 0 Å². The van der Waals surface area contributed by atoms with Crippen molar-refractivity contribution in [3.63, 3.8) is 0 Å². The molecule has 1 N–H and O–H groups in total. The third-order valence-electron chi connectivity index (χ3n) is 3.20. The van der Waals surface area contributed by atoms with Crippen molar-refractivity contribution in [3.8, 4) is 6.07 Å². The molecule has 0 aliphatic rings. The second kappa shape index (κ2) is 6.73. The van der Waals surface area contributed by atoms with E-state index in [1.807, 2.05) is 37.2 Å². The monoisotopic (exact) mass is 283 g/mol. The first-order valence-corrected chi connectivity index (χ1v) is 6.60. The summed E-state index contributed by atoms with van der Waals surface area (Å²) in [6.07, 6.45) is 1.62. The van der Waals surface area contributed by atoms with Crippen LogP contribution in [-0.4, -0.2) is 31.4 Å². The predicted molar refractivity (Wildman–Crippen MR) is 78.6 cm³/mol. The number of amides is 1. The van der Waals surface area contributed by atoms with Gasteiger partial charge in [-0.1, -0.05) is 6.07 Å². The molecule has 5 nitrogen and oxygen atoms in total. The summed E-state index contributed by atoms with van der Waals surface area (Å²) in [6.45, 7) is 0.427. The number of carbonyl (C=O) groups excluding carboxylic acids is 1. The minimum absolute atomic E-state index is 0.0388. The lowest BCUT2D eigenvalue weighted by atomic mass is 10.1. The first-order valence-electron chi connectivity index (χ1n) is 6.60. The van der Waals surface area contributed by atoms with Crippen molar-refractivity contribution in [1.82, 2.24) is 10.2 Å². The van der Waals surface area contributed by atoms with Gasteiger partial charge < -0.3 is 9.73 Å². The fourth-order valence-electron chi connectivity index (χ4n) is 2.04. The number of hydrogen-bond donors (Lipinski definition) is 1. The molecule has 5 heteroatoms. The van der Waals surface area contributed by atoms with Gasteiger partial charge in [-0.2, -0.15) is 5.26 Å². The zero-order valence-electron chi connectivity index (χ0n) is 12.0. The lowest BCUT2D eigenvalue weighted by Crippen LogP contribution is -2.34. The topological polar surface area (TPSA) is 69.3 Å². The molecule has 0 spiro atoms. The van der Waals surface area contributed by atoms with E-state index in [0.29, 0.717) is 17.7 Å². The Morgan fingerprint density at radius 2 is 2.19 bits per heavy atom. The van der Waals surface area contributed by atoms with E-state index in [9.17, 15) is 4.79 Å². The van der Waals surface area contributed by atoms with Gasteiger partial charge in [0.1, 0.15) is 5.76 Å². The van der Waals surface area contributed by atoms with Gasteiger partial charge in [-0.05, 0) is 44.4 Å². The van der Waals surface area contributed by atoms with Crippen molar-refractivity contribution in [1.29, 1.82) is 5.26 Å². The standard InChI is InChI=1S/C16H17N3O2/c1-19(2)14(15-7-4-8-21-15)11-18-16(20)13-6-3-5-12(9-13)10-17/h3-9,14H,11H2,1-2H3,(H,18,20)/t14-/m0/s1. The van der Waals surface area contributed by atoms with Gasteiger partial charge in [-0.3, -0.25) is 9.69 Å². The Labute approximate surface area is 123 Å². The van der Waals surface area contributed by atoms with E-state index in [4.69, 9.17) is 9.68 Å². The van der Waals surface area contributed by atoms with E-state index in [1.54, 1.807) is 30.5 Å². The van der Waals surface area contributed by atoms with Gasteiger partial charge >= 0.3 is 0 Å². The van der Waals surface area contributed by atoms with Crippen LogP contribution in [0.15, 0.2) is 47.1 Å². The van der Waals surface area contributed by atoms with Gasteiger partial charge in [-0.15, -0.1) is 0 Å². The fourth-order valence-corrected chi connectivity index (χ4v) is 2.04. The maximum absolute atomic E-state index is 12.1. The molecular formula is C16H17N3O2. The molecule has 0 saturated carbocycles. The molecule has 0 saturated heterocycles. The van der Waals surface area contributed by atoms with Gasteiger partial charge in [0.05, 0.1) is 23.9 Å². The summed E-state index contributed by atoms with van der Waals surface area (Å²) >= 11 is 0. The Kier molecular flexibility index (Phi) is 4.75. The number of nitriles is 1. The molecule has 0 aliphatic carbocycles. The smallest absolute Gasteiger partial charge is 0.251 e.